The Morgan fingerprint density at radius 2 is 2.00 bits per heavy atom. The van der Waals surface area contributed by atoms with E-state index in [-0.39, 0.29) is 41.5 Å². The molecule has 4 fully saturated rings. The number of carbonyl (C=O) groups excluding carboxylic acids is 3. The maximum Gasteiger partial charge on any atom is 0.310 e. The van der Waals surface area contributed by atoms with Crippen molar-refractivity contribution >= 4 is 29.5 Å². The number of rotatable bonds is 16. The van der Waals surface area contributed by atoms with Crippen LogP contribution >= 0.6 is 11.8 Å². The predicted octanol–water partition coefficient (Wildman–Crippen LogP) is 2.98. The Morgan fingerprint density at radius 1 is 1.26 bits per heavy atom. The number of likely N-dealkylation sites (tertiary alicyclic amines) is 1. The Hall–Kier alpha value is -1.88. The van der Waals surface area contributed by atoms with Gasteiger partial charge in [0.2, 0.25) is 11.8 Å². The molecule has 9 nitrogen and oxygen atoms in total. The molecule has 0 aromatic rings. The summed E-state index contributed by atoms with van der Waals surface area (Å²) in [6.45, 7) is 18.5. The summed E-state index contributed by atoms with van der Waals surface area (Å²) >= 11 is 1.66. The van der Waals surface area contributed by atoms with Gasteiger partial charge in [-0.1, -0.05) is 39.3 Å². The number of hydrogen-bond acceptors (Lipinski definition) is 8. The number of esters is 1. The van der Waals surface area contributed by atoms with Crippen LogP contribution in [0.2, 0.25) is 0 Å². The van der Waals surface area contributed by atoms with Crippen LogP contribution in [0.5, 0.6) is 0 Å². The average molecular weight is 606 g/mol. The Labute approximate surface area is 256 Å². The Kier molecular flexibility index (Phi) is 11.6. The normalized spacial score (nSPS) is 32.0. The number of thioether (sulfide) groups is 1. The zero-order chi connectivity index (χ0) is 30.4. The molecular formula is C32H51N3O6S. The van der Waals surface area contributed by atoms with E-state index in [0.717, 1.165) is 45.2 Å². The molecule has 4 rings (SSSR count). The van der Waals surface area contributed by atoms with Gasteiger partial charge in [0.1, 0.15) is 6.04 Å². The highest BCUT2D eigenvalue weighted by atomic mass is 32.2. The van der Waals surface area contributed by atoms with E-state index in [2.05, 4.69) is 25.0 Å². The maximum atomic E-state index is 14.7. The number of allylic oxidation sites excluding steroid dienone is 1. The van der Waals surface area contributed by atoms with Gasteiger partial charge in [-0.2, -0.15) is 0 Å². The van der Waals surface area contributed by atoms with E-state index in [1.807, 2.05) is 24.8 Å². The Bertz CT molecular complexity index is 989. The van der Waals surface area contributed by atoms with Gasteiger partial charge in [0.15, 0.2) is 0 Å². The summed E-state index contributed by atoms with van der Waals surface area (Å²) < 4.78 is 10.5. The summed E-state index contributed by atoms with van der Waals surface area (Å²) in [4.78, 5) is 48.7. The number of amides is 2. The SMILES string of the molecule is C=CCCCCOC(=O)[C@@H]1[C@@H]2CC(C)C3(S2)C(C(=O)N(CC=C)CCN2CCOCC2)N([C@@H](CO)[C@@H](C)CC)C(=O)[C@H]13. The van der Waals surface area contributed by atoms with E-state index in [1.54, 1.807) is 22.7 Å². The van der Waals surface area contributed by atoms with Crippen molar-refractivity contribution in [3.05, 3.63) is 25.3 Å². The van der Waals surface area contributed by atoms with Gasteiger partial charge in [-0.25, -0.2) is 0 Å². The summed E-state index contributed by atoms with van der Waals surface area (Å²) in [6.07, 6.45) is 7.60. The third-order valence-corrected chi connectivity index (χ3v) is 12.1. The van der Waals surface area contributed by atoms with Crippen LogP contribution < -0.4 is 0 Å². The minimum Gasteiger partial charge on any atom is -0.465 e. The first-order chi connectivity index (χ1) is 20.3. The third kappa shape index (κ3) is 6.19. The van der Waals surface area contributed by atoms with Gasteiger partial charge in [0, 0.05) is 38.0 Å². The molecule has 0 saturated carbocycles. The molecular weight excluding hydrogens is 554 g/mol. The van der Waals surface area contributed by atoms with Gasteiger partial charge < -0.3 is 24.4 Å². The van der Waals surface area contributed by atoms with E-state index >= 15 is 0 Å². The fourth-order valence-electron chi connectivity index (χ4n) is 7.55. The molecule has 2 bridgehead atoms. The van der Waals surface area contributed by atoms with Crippen LogP contribution in [0.1, 0.15) is 52.9 Å². The molecule has 4 heterocycles. The molecule has 236 valence electrons. The highest BCUT2D eigenvalue weighted by Gasteiger charge is 2.77. The lowest BCUT2D eigenvalue weighted by molar-refractivity contribution is -0.155. The fourth-order valence-corrected chi connectivity index (χ4v) is 9.94. The molecule has 0 radical (unpaired) electrons. The molecule has 0 aliphatic carbocycles. The minimum absolute atomic E-state index is 0.0153. The van der Waals surface area contributed by atoms with Crippen molar-refractivity contribution in [3.63, 3.8) is 0 Å². The highest BCUT2D eigenvalue weighted by Crippen LogP contribution is 2.69. The number of morpholine rings is 1. The van der Waals surface area contributed by atoms with Crippen LogP contribution in [-0.4, -0.2) is 119 Å². The summed E-state index contributed by atoms with van der Waals surface area (Å²) in [5.74, 6) is -1.82. The maximum absolute atomic E-state index is 14.7. The van der Waals surface area contributed by atoms with Crippen molar-refractivity contribution in [1.29, 1.82) is 0 Å². The molecule has 1 N–H and O–H groups in total. The van der Waals surface area contributed by atoms with Crippen LogP contribution in [-0.2, 0) is 23.9 Å². The van der Waals surface area contributed by atoms with Crippen LogP contribution in [0.15, 0.2) is 25.3 Å². The van der Waals surface area contributed by atoms with Gasteiger partial charge in [-0.15, -0.1) is 24.9 Å². The van der Waals surface area contributed by atoms with Crippen molar-refractivity contribution < 1.29 is 29.0 Å². The number of carbonyl (C=O) groups is 3. The second kappa shape index (κ2) is 14.7. The first-order valence-corrected chi connectivity index (χ1v) is 16.7. The lowest BCUT2D eigenvalue weighted by atomic mass is 9.66. The summed E-state index contributed by atoms with van der Waals surface area (Å²) in [5.41, 5.74) is 0. The second-order valence-electron chi connectivity index (χ2n) is 12.4. The lowest BCUT2D eigenvalue weighted by Crippen LogP contribution is -2.60. The monoisotopic (exact) mass is 605 g/mol. The number of hydrogen-bond donors (Lipinski definition) is 1. The Balaban J connectivity index is 1.66. The lowest BCUT2D eigenvalue weighted by Gasteiger charge is -2.43. The molecule has 3 unspecified atom stereocenters. The molecule has 0 aromatic carbocycles. The van der Waals surface area contributed by atoms with E-state index in [0.29, 0.717) is 39.5 Å². The molecule has 4 aliphatic heterocycles. The highest BCUT2D eigenvalue weighted by molar-refractivity contribution is 8.02. The van der Waals surface area contributed by atoms with Crippen LogP contribution in [0.3, 0.4) is 0 Å². The average Bonchev–Trinajstić information content (AvgIpc) is 3.59. The number of aliphatic hydroxyl groups is 1. The van der Waals surface area contributed by atoms with Crippen LogP contribution in [0.4, 0.5) is 0 Å². The van der Waals surface area contributed by atoms with Gasteiger partial charge >= 0.3 is 5.97 Å². The first kappa shape index (κ1) is 33.0. The molecule has 4 aliphatic rings. The van der Waals surface area contributed by atoms with Gasteiger partial charge in [-0.3, -0.25) is 19.3 Å². The predicted molar refractivity (Wildman–Crippen MR) is 165 cm³/mol. The molecule has 0 aromatic heterocycles. The van der Waals surface area contributed by atoms with Crippen molar-refractivity contribution in [1.82, 2.24) is 14.7 Å². The number of nitrogens with zero attached hydrogens (tertiary/aromatic N) is 3. The second-order valence-corrected chi connectivity index (χ2v) is 14.0. The molecule has 10 heteroatoms. The Morgan fingerprint density at radius 3 is 2.64 bits per heavy atom. The number of ether oxygens (including phenoxy) is 2. The largest absolute Gasteiger partial charge is 0.465 e. The van der Waals surface area contributed by atoms with Gasteiger partial charge in [-0.05, 0) is 37.5 Å². The molecule has 2 amide bonds. The summed E-state index contributed by atoms with van der Waals surface area (Å²) in [7, 11) is 0. The van der Waals surface area contributed by atoms with Crippen LogP contribution in [0.25, 0.3) is 0 Å². The third-order valence-electron chi connectivity index (χ3n) is 10.0. The number of fused-ring (bicyclic) bond motifs is 1. The van der Waals surface area contributed by atoms with E-state index in [4.69, 9.17) is 9.47 Å². The topological polar surface area (TPSA) is 99.6 Å². The van der Waals surface area contributed by atoms with Crippen molar-refractivity contribution in [2.75, 3.05) is 59.2 Å². The number of aliphatic hydroxyl groups excluding tert-OH is 1. The molecule has 1 spiro atoms. The van der Waals surface area contributed by atoms with E-state index in [1.165, 1.54) is 0 Å². The first-order valence-electron chi connectivity index (χ1n) is 15.8. The fraction of sp³-hybridized carbons (Fsp3) is 0.781. The standard InChI is InChI=1S/C32H51N3O6S/c1-6-9-10-11-17-41-31(39)26-25-20-23(5)32(42-25)27(26)29(37)35(24(21-36)22(4)8-3)28(32)30(38)34(12-7-2)14-13-33-15-18-40-19-16-33/h6-7,22-28,36H,1-2,8-21H2,3-5H3/t22-,23?,24-,25-,26+,27-,28?,32?/m0/s1. The molecule has 42 heavy (non-hydrogen) atoms. The van der Waals surface area contributed by atoms with Gasteiger partial charge in [0.25, 0.3) is 0 Å². The minimum atomic E-state index is -0.763. The zero-order valence-electron chi connectivity index (χ0n) is 25.7. The van der Waals surface area contributed by atoms with Crippen LogP contribution in [0, 0.1) is 23.7 Å². The quantitative estimate of drug-likeness (QED) is 0.163. The summed E-state index contributed by atoms with van der Waals surface area (Å²) in [5, 5.41) is 10.6. The summed E-state index contributed by atoms with van der Waals surface area (Å²) in [6, 6.07) is -1.27. The number of unbranched alkanes of at least 4 members (excludes halogenated alkanes) is 2. The molecule has 8 atom stereocenters. The van der Waals surface area contributed by atoms with Crippen molar-refractivity contribution in [2.24, 2.45) is 23.7 Å². The van der Waals surface area contributed by atoms with Crippen molar-refractivity contribution in [2.45, 2.75) is 75.0 Å². The van der Waals surface area contributed by atoms with Gasteiger partial charge in [0.05, 0.1) is 49.1 Å². The smallest absolute Gasteiger partial charge is 0.310 e. The van der Waals surface area contributed by atoms with E-state index in [9.17, 15) is 19.5 Å². The zero-order valence-corrected chi connectivity index (χ0v) is 26.6. The van der Waals surface area contributed by atoms with Crippen molar-refractivity contribution in [3.8, 4) is 0 Å². The van der Waals surface area contributed by atoms with E-state index < -0.39 is 28.7 Å². The molecule has 4 saturated heterocycles.